The summed E-state index contributed by atoms with van der Waals surface area (Å²) >= 11 is 0. The van der Waals surface area contributed by atoms with E-state index >= 15 is 0 Å². The molecule has 1 aromatic heterocycles. The van der Waals surface area contributed by atoms with Gasteiger partial charge in [-0.3, -0.25) is 4.98 Å². The standard InChI is InChI=1S/C15H17FN2/c1-10-6-8-18(11(10)2)15-5-7-17-14-9-12(16)3-4-13(14)15/h3-5,7,9-11H,6,8H2,1-2H3. The highest BCUT2D eigenvalue weighted by atomic mass is 19.1. The van der Waals surface area contributed by atoms with Gasteiger partial charge in [0, 0.05) is 35.9 Å². The number of fused-ring (bicyclic) bond motifs is 1. The van der Waals surface area contributed by atoms with E-state index in [1.807, 2.05) is 12.1 Å². The Morgan fingerprint density at radius 2 is 2.11 bits per heavy atom. The number of nitrogens with zero attached hydrogens (tertiary/aromatic N) is 2. The van der Waals surface area contributed by atoms with Crippen molar-refractivity contribution < 1.29 is 4.39 Å². The summed E-state index contributed by atoms with van der Waals surface area (Å²) in [6, 6.07) is 7.42. The average Bonchev–Trinajstić information content (AvgIpc) is 2.69. The molecule has 0 saturated carbocycles. The summed E-state index contributed by atoms with van der Waals surface area (Å²) in [4.78, 5) is 6.66. The number of hydrogen-bond acceptors (Lipinski definition) is 2. The predicted octanol–water partition coefficient (Wildman–Crippen LogP) is 3.61. The largest absolute Gasteiger partial charge is 0.368 e. The van der Waals surface area contributed by atoms with E-state index < -0.39 is 0 Å². The first kappa shape index (κ1) is 11.5. The van der Waals surface area contributed by atoms with Gasteiger partial charge >= 0.3 is 0 Å². The number of halogens is 1. The second-order valence-corrected chi connectivity index (χ2v) is 5.19. The summed E-state index contributed by atoms with van der Waals surface area (Å²) in [6.07, 6.45) is 2.99. The molecule has 1 saturated heterocycles. The van der Waals surface area contributed by atoms with Gasteiger partial charge in [-0.1, -0.05) is 6.92 Å². The van der Waals surface area contributed by atoms with Crippen LogP contribution in [0.3, 0.4) is 0 Å². The lowest BCUT2D eigenvalue weighted by molar-refractivity contribution is 0.546. The van der Waals surface area contributed by atoms with Gasteiger partial charge in [0.15, 0.2) is 0 Å². The molecule has 1 aliphatic heterocycles. The van der Waals surface area contributed by atoms with E-state index in [0.29, 0.717) is 12.0 Å². The number of hydrogen-bond donors (Lipinski definition) is 0. The highest BCUT2D eigenvalue weighted by Gasteiger charge is 2.28. The van der Waals surface area contributed by atoms with Gasteiger partial charge < -0.3 is 4.90 Å². The lowest BCUT2D eigenvalue weighted by atomic mass is 10.0. The van der Waals surface area contributed by atoms with Crippen molar-refractivity contribution in [2.45, 2.75) is 26.3 Å². The molecule has 2 nitrogen and oxygen atoms in total. The molecule has 2 heterocycles. The zero-order valence-corrected chi connectivity index (χ0v) is 10.7. The summed E-state index contributed by atoms with van der Waals surface area (Å²) in [5.41, 5.74) is 1.91. The Morgan fingerprint density at radius 1 is 1.28 bits per heavy atom. The van der Waals surface area contributed by atoms with Crippen LogP contribution in [0, 0.1) is 11.7 Å². The van der Waals surface area contributed by atoms with E-state index in [9.17, 15) is 4.39 Å². The topological polar surface area (TPSA) is 16.1 Å². The molecule has 0 N–H and O–H groups in total. The second-order valence-electron chi connectivity index (χ2n) is 5.19. The Hall–Kier alpha value is -1.64. The number of aromatic nitrogens is 1. The second kappa shape index (κ2) is 4.23. The van der Waals surface area contributed by atoms with Gasteiger partial charge in [-0.15, -0.1) is 0 Å². The van der Waals surface area contributed by atoms with Crippen LogP contribution in [0.15, 0.2) is 30.5 Å². The normalized spacial score (nSPS) is 23.8. The molecule has 0 amide bonds. The van der Waals surface area contributed by atoms with Crippen LogP contribution in [-0.2, 0) is 0 Å². The molecule has 2 unspecified atom stereocenters. The van der Waals surface area contributed by atoms with Crippen LogP contribution in [0.5, 0.6) is 0 Å². The highest BCUT2D eigenvalue weighted by Crippen LogP contribution is 2.33. The first-order valence-corrected chi connectivity index (χ1v) is 6.48. The van der Waals surface area contributed by atoms with Crippen LogP contribution in [0.4, 0.5) is 10.1 Å². The Labute approximate surface area is 106 Å². The summed E-state index contributed by atoms with van der Waals surface area (Å²) in [7, 11) is 0. The van der Waals surface area contributed by atoms with Gasteiger partial charge in [-0.05, 0) is 37.5 Å². The zero-order chi connectivity index (χ0) is 12.7. The maximum atomic E-state index is 13.2. The van der Waals surface area contributed by atoms with Crippen LogP contribution in [-0.4, -0.2) is 17.6 Å². The summed E-state index contributed by atoms with van der Waals surface area (Å²) in [5, 5.41) is 1.04. The van der Waals surface area contributed by atoms with Gasteiger partial charge in [0.2, 0.25) is 0 Å². The number of pyridine rings is 1. The van der Waals surface area contributed by atoms with E-state index in [1.165, 1.54) is 24.2 Å². The third-order valence-corrected chi connectivity index (χ3v) is 4.13. The lowest BCUT2D eigenvalue weighted by Gasteiger charge is -2.26. The number of benzene rings is 1. The van der Waals surface area contributed by atoms with Gasteiger partial charge in [-0.2, -0.15) is 0 Å². The fraction of sp³-hybridized carbons (Fsp3) is 0.400. The fourth-order valence-electron chi connectivity index (χ4n) is 2.79. The van der Waals surface area contributed by atoms with Crippen LogP contribution in [0.2, 0.25) is 0 Å². The summed E-state index contributed by atoms with van der Waals surface area (Å²) in [5.74, 6) is 0.476. The first-order chi connectivity index (χ1) is 8.66. The molecule has 0 bridgehead atoms. The average molecular weight is 244 g/mol. The van der Waals surface area contributed by atoms with Crippen LogP contribution in [0.1, 0.15) is 20.3 Å². The molecule has 1 aromatic carbocycles. The predicted molar refractivity (Wildman–Crippen MR) is 72.3 cm³/mol. The van der Waals surface area contributed by atoms with E-state index in [2.05, 4.69) is 23.7 Å². The smallest absolute Gasteiger partial charge is 0.125 e. The minimum absolute atomic E-state index is 0.227. The zero-order valence-electron chi connectivity index (χ0n) is 10.7. The maximum Gasteiger partial charge on any atom is 0.125 e. The van der Waals surface area contributed by atoms with Crippen molar-refractivity contribution in [2.75, 3.05) is 11.4 Å². The minimum Gasteiger partial charge on any atom is -0.368 e. The molecule has 2 aromatic rings. The van der Waals surface area contributed by atoms with E-state index in [1.54, 1.807) is 6.20 Å². The minimum atomic E-state index is -0.227. The Balaban J connectivity index is 2.12. The van der Waals surface area contributed by atoms with Crippen molar-refractivity contribution >= 4 is 16.6 Å². The molecule has 0 aliphatic carbocycles. The van der Waals surface area contributed by atoms with E-state index in [-0.39, 0.29) is 5.82 Å². The number of rotatable bonds is 1. The molecule has 1 aliphatic rings. The molecule has 0 spiro atoms. The van der Waals surface area contributed by atoms with Gasteiger partial charge in [0.05, 0.1) is 5.52 Å². The van der Waals surface area contributed by atoms with Gasteiger partial charge in [-0.25, -0.2) is 4.39 Å². The molecule has 3 rings (SSSR count). The molecule has 2 atom stereocenters. The van der Waals surface area contributed by atoms with Crippen molar-refractivity contribution in [3.8, 4) is 0 Å². The molecule has 0 radical (unpaired) electrons. The molecule has 3 heteroatoms. The highest BCUT2D eigenvalue weighted by molar-refractivity contribution is 5.91. The quantitative estimate of drug-likeness (QED) is 0.761. The third kappa shape index (κ3) is 1.74. The molecular formula is C15H17FN2. The molecule has 94 valence electrons. The van der Waals surface area contributed by atoms with Crippen molar-refractivity contribution in [3.63, 3.8) is 0 Å². The fourth-order valence-corrected chi connectivity index (χ4v) is 2.79. The molecular weight excluding hydrogens is 227 g/mol. The Morgan fingerprint density at radius 3 is 2.83 bits per heavy atom. The maximum absolute atomic E-state index is 13.2. The molecule has 1 fully saturated rings. The van der Waals surface area contributed by atoms with Crippen LogP contribution >= 0.6 is 0 Å². The van der Waals surface area contributed by atoms with Crippen LogP contribution < -0.4 is 4.90 Å². The van der Waals surface area contributed by atoms with E-state index in [0.717, 1.165) is 17.4 Å². The monoisotopic (exact) mass is 244 g/mol. The third-order valence-electron chi connectivity index (χ3n) is 4.13. The Bertz CT molecular complexity index is 582. The van der Waals surface area contributed by atoms with Crippen molar-refractivity contribution in [1.82, 2.24) is 4.98 Å². The summed E-state index contributed by atoms with van der Waals surface area (Å²) in [6.45, 7) is 5.61. The van der Waals surface area contributed by atoms with Crippen molar-refractivity contribution in [1.29, 1.82) is 0 Å². The van der Waals surface area contributed by atoms with Gasteiger partial charge in [0.25, 0.3) is 0 Å². The van der Waals surface area contributed by atoms with Crippen molar-refractivity contribution in [2.24, 2.45) is 5.92 Å². The van der Waals surface area contributed by atoms with Crippen molar-refractivity contribution in [3.05, 3.63) is 36.3 Å². The van der Waals surface area contributed by atoms with E-state index in [4.69, 9.17) is 0 Å². The van der Waals surface area contributed by atoms with Gasteiger partial charge in [0.1, 0.15) is 5.82 Å². The first-order valence-electron chi connectivity index (χ1n) is 6.48. The molecule has 18 heavy (non-hydrogen) atoms. The summed E-state index contributed by atoms with van der Waals surface area (Å²) < 4.78 is 13.2. The lowest BCUT2D eigenvalue weighted by Crippen LogP contribution is -2.29. The number of anilines is 1. The van der Waals surface area contributed by atoms with Crippen LogP contribution in [0.25, 0.3) is 10.9 Å². The SMILES string of the molecule is CC1CCN(c2ccnc3cc(F)ccc23)C1C. The Kier molecular flexibility index (Phi) is 2.69.